The molecule has 4 nitrogen and oxygen atoms in total. The number of carbonyl (C=O) groups is 1. The third-order valence-electron chi connectivity index (χ3n) is 3.63. The molecule has 0 aliphatic carbocycles. The van der Waals surface area contributed by atoms with Crippen LogP contribution in [0.2, 0.25) is 5.02 Å². The van der Waals surface area contributed by atoms with Crippen molar-refractivity contribution in [3.63, 3.8) is 0 Å². The number of amides is 1. The summed E-state index contributed by atoms with van der Waals surface area (Å²) in [4.78, 5) is 14.5. The van der Waals surface area contributed by atoms with Gasteiger partial charge in [-0.05, 0) is 38.6 Å². The van der Waals surface area contributed by atoms with Crippen LogP contribution < -0.4 is 11.1 Å². The van der Waals surface area contributed by atoms with Gasteiger partial charge < -0.3 is 16.0 Å². The van der Waals surface area contributed by atoms with E-state index in [1.807, 2.05) is 26.1 Å². The topological polar surface area (TPSA) is 58.4 Å². The van der Waals surface area contributed by atoms with E-state index >= 15 is 0 Å². The third kappa shape index (κ3) is 3.26. The summed E-state index contributed by atoms with van der Waals surface area (Å²) in [5.74, 6) is -0.131. The zero-order valence-electron chi connectivity index (χ0n) is 11.3. The Kier molecular flexibility index (Phi) is 4.45. The first-order valence-electron chi connectivity index (χ1n) is 6.49. The highest BCUT2D eigenvalue weighted by Gasteiger charge is 2.27. The van der Waals surface area contributed by atoms with Gasteiger partial charge in [0.1, 0.15) is 0 Å². The number of rotatable bonds is 2. The summed E-state index contributed by atoms with van der Waals surface area (Å²) in [6.07, 6.45) is 0.868. The van der Waals surface area contributed by atoms with Crippen LogP contribution >= 0.6 is 11.6 Å². The van der Waals surface area contributed by atoms with E-state index in [0.717, 1.165) is 25.1 Å². The monoisotopic (exact) mass is 281 g/mol. The fourth-order valence-electron chi connectivity index (χ4n) is 2.49. The number of piperidine rings is 1. The zero-order valence-corrected chi connectivity index (χ0v) is 12.1. The van der Waals surface area contributed by atoms with Crippen molar-refractivity contribution < 1.29 is 4.79 Å². The summed E-state index contributed by atoms with van der Waals surface area (Å²) in [6.45, 7) is 3.63. The molecule has 1 aromatic rings. The molecule has 1 fully saturated rings. The molecule has 1 saturated heterocycles. The average Bonchev–Trinajstić information content (AvgIpc) is 2.32. The molecule has 1 aliphatic rings. The van der Waals surface area contributed by atoms with E-state index in [0.29, 0.717) is 10.6 Å². The lowest BCUT2D eigenvalue weighted by atomic mass is 9.99. The van der Waals surface area contributed by atoms with Gasteiger partial charge in [-0.1, -0.05) is 23.7 Å². The van der Waals surface area contributed by atoms with Crippen molar-refractivity contribution in [2.75, 3.05) is 20.1 Å². The Morgan fingerprint density at radius 2 is 2.26 bits per heavy atom. The number of carbonyl (C=O) groups excluding carboxylic acids is 1. The first kappa shape index (κ1) is 14.3. The van der Waals surface area contributed by atoms with E-state index in [2.05, 4.69) is 10.2 Å². The SMILES string of the molecule is Cc1cccc(Cl)c1C(=O)NC1CCN(C)CC1N. The number of halogens is 1. The Labute approximate surface area is 118 Å². The van der Waals surface area contributed by atoms with Crippen LogP contribution in [0, 0.1) is 6.92 Å². The van der Waals surface area contributed by atoms with Crippen molar-refractivity contribution >= 4 is 17.5 Å². The highest BCUT2D eigenvalue weighted by molar-refractivity contribution is 6.34. The molecule has 2 rings (SSSR count). The first-order chi connectivity index (χ1) is 8.99. The maximum Gasteiger partial charge on any atom is 0.253 e. The van der Waals surface area contributed by atoms with E-state index < -0.39 is 0 Å². The fraction of sp³-hybridized carbons (Fsp3) is 0.500. The number of nitrogens with one attached hydrogen (secondary N) is 1. The molecule has 19 heavy (non-hydrogen) atoms. The second-order valence-corrected chi connectivity index (χ2v) is 5.63. The Morgan fingerprint density at radius 3 is 2.89 bits per heavy atom. The highest BCUT2D eigenvalue weighted by Crippen LogP contribution is 2.20. The molecular formula is C14H20ClN3O. The van der Waals surface area contributed by atoms with Crippen LogP contribution in [-0.2, 0) is 0 Å². The van der Waals surface area contributed by atoms with Crippen LogP contribution in [0.3, 0.4) is 0 Å². The number of nitrogens with two attached hydrogens (primary N) is 1. The molecule has 1 amide bonds. The van der Waals surface area contributed by atoms with E-state index in [4.69, 9.17) is 17.3 Å². The Balaban J connectivity index is 2.09. The van der Waals surface area contributed by atoms with Gasteiger partial charge in [-0.25, -0.2) is 0 Å². The molecule has 1 aliphatic heterocycles. The molecule has 0 saturated carbocycles. The van der Waals surface area contributed by atoms with Crippen molar-refractivity contribution in [3.8, 4) is 0 Å². The molecule has 0 bridgehead atoms. The van der Waals surface area contributed by atoms with Gasteiger partial charge in [-0.3, -0.25) is 4.79 Å². The van der Waals surface area contributed by atoms with Gasteiger partial charge in [0.05, 0.1) is 10.6 Å². The number of benzene rings is 1. The van der Waals surface area contributed by atoms with E-state index in [1.165, 1.54) is 0 Å². The van der Waals surface area contributed by atoms with Gasteiger partial charge in [0, 0.05) is 18.6 Å². The first-order valence-corrected chi connectivity index (χ1v) is 6.87. The number of likely N-dealkylation sites (N-methyl/N-ethyl adjacent to an activating group) is 1. The molecule has 3 N–H and O–H groups in total. The average molecular weight is 282 g/mol. The van der Waals surface area contributed by atoms with E-state index in [9.17, 15) is 4.79 Å². The molecule has 0 aromatic heterocycles. The lowest BCUT2D eigenvalue weighted by Gasteiger charge is -2.35. The molecule has 1 heterocycles. The number of nitrogens with zero attached hydrogens (tertiary/aromatic N) is 1. The summed E-state index contributed by atoms with van der Waals surface area (Å²) in [5, 5.41) is 3.50. The predicted octanol–water partition coefficient (Wildman–Crippen LogP) is 1.41. The van der Waals surface area contributed by atoms with Crippen molar-refractivity contribution in [1.82, 2.24) is 10.2 Å². The minimum atomic E-state index is -0.131. The minimum absolute atomic E-state index is 0.0133. The van der Waals surface area contributed by atoms with Crippen molar-refractivity contribution in [2.45, 2.75) is 25.4 Å². The molecule has 2 atom stereocenters. The zero-order chi connectivity index (χ0) is 14.0. The Morgan fingerprint density at radius 1 is 1.53 bits per heavy atom. The maximum absolute atomic E-state index is 12.3. The van der Waals surface area contributed by atoms with E-state index in [1.54, 1.807) is 6.07 Å². The lowest BCUT2D eigenvalue weighted by molar-refractivity contribution is 0.0905. The molecule has 0 radical (unpaired) electrons. The van der Waals surface area contributed by atoms with Crippen LogP contribution in [0.15, 0.2) is 18.2 Å². The summed E-state index contributed by atoms with van der Waals surface area (Å²) in [7, 11) is 2.04. The summed E-state index contributed by atoms with van der Waals surface area (Å²) < 4.78 is 0. The Bertz CT molecular complexity index is 458. The standard InChI is InChI=1S/C14H20ClN3O/c1-9-4-3-5-10(15)13(9)14(19)17-12-6-7-18(2)8-11(12)16/h3-5,11-12H,6-8,16H2,1-2H3,(H,17,19). The van der Waals surface area contributed by atoms with Crippen LogP contribution in [0.5, 0.6) is 0 Å². The van der Waals surface area contributed by atoms with Crippen LogP contribution in [0.1, 0.15) is 22.3 Å². The van der Waals surface area contributed by atoms with Gasteiger partial charge in [0.2, 0.25) is 0 Å². The molecular weight excluding hydrogens is 262 g/mol. The molecule has 1 aromatic carbocycles. The largest absolute Gasteiger partial charge is 0.348 e. The molecule has 5 heteroatoms. The van der Waals surface area contributed by atoms with Gasteiger partial charge in [-0.15, -0.1) is 0 Å². The second-order valence-electron chi connectivity index (χ2n) is 5.23. The van der Waals surface area contributed by atoms with E-state index in [-0.39, 0.29) is 18.0 Å². The highest BCUT2D eigenvalue weighted by atomic mass is 35.5. The van der Waals surface area contributed by atoms with Gasteiger partial charge >= 0.3 is 0 Å². The van der Waals surface area contributed by atoms with Crippen molar-refractivity contribution in [1.29, 1.82) is 0 Å². The fourth-order valence-corrected chi connectivity index (χ4v) is 2.80. The quantitative estimate of drug-likeness (QED) is 0.862. The van der Waals surface area contributed by atoms with Gasteiger partial charge in [0.25, 0.3) is 5.91 Å². The number of hydrogen-bond donors (Lipinski definition) is 2. The van der Waals surface area contributed by atoms with Gasteiger partial charge in [-0.2, -0.15) is 0 Å². The second kappa shape index (κ2) is 5.90. The molecule has 104 valence electrons. The minimum Gasteiger partial charge on any atom is -0.348 e. The number of aryl methyl sites for hydroxylation is 1. The normalized spacial score (nSPS) is 24.2. The predicted molar refractivity (Wildman–Crippen MR) is 77.5 cm³/mol. The van der Waals surface area contributed by atoms with Crippen LogP contribution in [0.25, 0.3) is 0 Å². The smallest absolute Gasteiger partial charge is 0.253 e. The number of likely N-dealkylation sites (tertiary alicyclic amines) is 1. The lowest BCUT2D eigenvalue weighted by Crippen LogP contribution is -2.57. The summed E-state index contributed by atoms with van der Waals surface area (Å²) in [6, 6.07) is 5.44. The van der Waals surface area contributed by atoms with Crippen LogP contribution in [-0.4, -0.2) is 43.0 Å². The van der Waals surface area contributed by atoms with Crippen molar-refractivity contribution in [2.24, 2.45) is 5.73 Å². The summed E-state index contributed by atoms with van der Waals surface area (Å²) >= 11 is 6.10. The van der Waals surface area contributed by atoms with Crippen molar-refractivity contribution in [3.05, 3.63) is 34.3 Å². The summed E-state index contributed by atoms with van der Waals surface area (Å²) in [5.41, 5.74) is 7.51. The Hall–Kier alpha value is -1.10. The van der Waals surface area contributed by atoms with Crippen LogP contribution in [0.4, 0.5) is 0 Å². The maximum atomic E-state index is 12.3. The number of hydrogen-bond acceptors (Lipinski definition) is 3. The van der Waals surface area contributed by atoms with Gasteiger partial charge in [0.15, 0.2) is 0 Å². The molecule has 2 unspecified atom stereocenters. The molecule has 0 spiro atoms. The third-order valence-corrected chi connectivity index (χ3v) is 3.94.